The summed E-state index contributed by atoms with van der Waals surface area (Å²) in [5, 5.41) is 1.54. The highest BCUT2D eigenvalue weighted by molar-refractivity contribution is 7.92. The normalized spacial score (nSPS) is 11.9. The van der Waals surface area contributed by atoms with E-state index in [1.165, 1.54) is 31.4 Å². The van der Waals surface area contributed by atoms with E-state index in [4.69, 9.17) is 4.74 Å². The van der Waals surface area contributed by atoms with Crippen LogP contribution >= 0.6 is 0 Å². The molecule has 0 atom stereocenters. The Hall–Kier alpha value is -2.85. The molecule has 10 heteroatoms. The number of ether oxygens (including phenoxy) is 1. The zero-order chi connectivity index (χ0) is 19.7. The summed E-state index contributed by atoms with van der Waals surface area (Å²) in [5.41, 5.74) is 0.663. The second-order valence-corrected chi connectivity index (χ2v) is 9.19. The minimum atomic E-state index is -3.83. The second kappa shape index (κ2) is 7.05. The van der Waals surface area contributed by atoms with E-state index in [0.29, 0.717) is 11.6 Å². The van der Waals surface area contributed by atoms with E-state index in [1.807, 2.05) is 0 Å². The molecule has 0 unspecified atom stereocenters. The third-order valence-electron chi connectivity index (χ3n) is 3.64. The minimum absolute atomic E-state index is 0.00829. The molecule has 0 fully saturated rings. The molecule has 0 aliphatic heterocycles. The van der Waals surface area contributed by atoms with Crippen molar-refractivity contribution in [2.75, 3.05) is 22.8 Å². The highest BCUT2D eigenvalue weighted by atomic mass is 32.2. The molecule has 1 aromatic heterocycles. The maximum Gasteiger partial charge on any atom is 0.261 e. The van der Waals surface area contributed by atoms with Crippen molar-refractivity contribution in [1.82, 2.24) is 4.98 Å². The fourth-order valence-corrected chi connectivity index (χ4v) is 4.12. The number of rotatable bonds is 6. The quantitative estimate of drug-likeness (QED) is 0.649. The molecule has 0 aliphatic rings. The summed E-state index contributed by atoms with van der Waals surface area (Å²) in [5.74, 6) is 0.455. The summed E-state index contributed by atoms with van der Waals surface area (Å²) in [6, 6.07) is 12.2. The van der Waals surface area contributed by atoms with Crippen molar-refractivity contribution >= 4 is 42.2 Å². The van der Waals surface area contributed by atoms with E-state index in [1.54, 1.807) is 30.5 Å². The predicted octanol–water partition coefficient (Wildman–Crippen LogP) is 2.42. The first-order valence-corrected chi connectivity index (χ1v) is 11.1. The minimum Gasteiger partial charge on any atom is -0.481 e. The molecule has 0 saturated carbocycles. The van der Waals surface area contributed by atoms with Crippen LogP contribution in [0.2, 0.25) is 0 Å². The molecule has 27 heavy (non-hydrogen) atoms. The average molecular weight is 407 g/mol. The maximum absolute atomic E-state index is 12.6. The third-order valence-corrected chi connectivity index (χ3v) is 5.64. The van der Waals surface area contributed by atoms with Gasteiger partial charge in [-0.3, -0.25) is 9.44 Å². The van der Waals surface area contributed by atoms with Gasteiger partial charge >= 0.3 is 0 Å². The van der Waals surface area contributed by atoms with Crippen molar-refractivity contribution in [2.45, 2.75) is 4.90 Å². The van der Waals surface area contributed by atoms with Crippen LogP contribution in [0.4, 0.5) is 11.4 Å². The summed E-state index contributed by atoms with van der Waals surface area (Å²) < 4.78 is 57.6. The third kappa shape index (κ3) is 4.47. The number of benzene rings is 2. The van der Waals surface area contributed by atoms with Crippen LogP contribution in [-0.4, -0.2) is 35.2 Å². The van der Waals surface area contributed by atoms with Gasteiger partial charge in [-0.15, -0.1) is 0 Å². The van der Waals surface area contributed by atoms with Gasteiger partial charge in [-0.1, -0.05) is 0 Å². The van der Waals surface area contributed by atoms with Gasteiger partial charge in [0.05, 0.1) is 18.3 Å². The second-order valence-electron chi connectivity index (χ2n) is 5.76. The number of nitrogens with one attached hydrogen (secondary N) is 2. The molecule has 2 aromatic carbocycles. The lowest BCUT2D eigenvalue weighted by Gasteiger charge is -2.11. The van der Waals surface area contributed by atoms with Crippen LogP contribution in [0.25, 0.3) is 10.8 Å². The Morgan fingerprint density at radius 1 is 0.889 bits per heavy atom. The van der Waals surface area contributed by atoms with Gasteiger partial charge in [0.25, 0.3) is 10.0 Å². The molecule has 3 aromatic rings. The standard InChI is InChI=1S/C17H17N3O5S2/c1-25-17-16-8-5-14(11-12(16)9-10-18-17)20-27(23,24)15-6-3-13(4-7-15)19-26(2,21)22/h3-11,19-20H,1-2H3. The number of hydrogen-bond donors (Lipinski definition) is 2. The Labute approximate surface area is 157 Å². The van der Waals surface area contributed by atoms with E-state index >= 15 is 0 Å². The van der Waals surface area contributed by atoms with Crippen LogP contribution < -0.4 is 14.2 Å². The molecular formula is C17H17N3O5S2. The van der Waals surface area contributed by atoms with Crippen molar-refractivity contribution in [3.63, 3.8) is 0 Å². The number of pyridine rings is 1. The Balaban J connectivity index is 1.87. The first-order chi connectivity index (χ1) is 12.7. The highest BCUT2D eigenvalue weighted by Gasteiger charge is 2.15. The van der Waals surface area contributed by atoms with Gasteiger partial charge in [-0.2, -0.15) is 0 Å². The molecule has 8 nitrogen and oxygen atoms in total. The van der Waals surface area contributed by atoms with E-state index in [-0.39, 0.29) is 10.6 Å². The first-order valence-electron chi connectivity index (χ1n) is 7.71. The molecule has 0 aliphatic carbocycles. The Morgan fingerprint density at radius 3 is 2.19 bits per heavy atom. The Bertz CT molecular complexity index is 1190. The molecule has 3 rings (SSSR count). The van der Waals surface area contributed by atoms with E-state index in [0.717, 1.165) is 17.0 Å². The van der Waals surface area contributed by atoms with Crippen molar-refractivity contribution in [2.24, 2.45) is 0 Å². The summed E-state index contributed by atoms with van der Waals surface area (Å²) in [6.45, 7) is 0. The van der Waals surface area contributed by atoms with Gasteiger partial charge in [0, 0.05) is 23.0 Å². The summed E-state index contributed by atoms with van der Waals surface area (Å²) in [6.07, 6.45) is 2.59. The molecule has 0 bridgehead atoms. The molecule has 142 valence electrons. The fourth-order valence-electron chi connectivity index (χ4n) is 2.51. The van der Waals surface area contributed by atoms with Crippen molar-refractivity contribution in [3.05, 3.63) is 54.7 Å². The summed E-state index contributed by atoms with van der Waals surface area (Å²) >= 11 is 0. The number of hydrogen-bond acceptors (Lipinski definition) is 6. The molecule has 2 N–H and O–H groups in total. The summed E-state index contributed by atoms with van der Waals surface area (Å²) in [4.78, 5) is 4.11. The van der Waals surface area contributed by atoms with Crippen LogP contribution in [-0.2, 0) is 20.0 Å². The average Bonchev–Trinajstić information content (AvgIpc) is 2.59. The number of sulfonamides is 2. The number of aromatic nitrogens is 1. The van der Waals surface area contributed by atoms with Gasteiger partial charge in [0.2, 0.25) is 15.9 Å². The fraction of sp³-hybridized carbons (Fsp3) is 0.118. The lowest BCUT2D eigenvalue weighted by molar-refractivity contribution is 0.403. The Morgan fingerprint density at radius 2 is 1.56 bits per heavy atom. The Kier molecular flexibility index (Phi) is 4.94. The molecular weight excluding hydrogens is 390 g/mol. The zero-order valence-corrected chi connectivity index (χ0v) is 16.1. The van der Waals surface area contributed by atoms with Crippen LogP contribution in [0.5, 0.6) is 5.88 Å². The predicted molar refractivity (Wildman–Crippen MR) is 104 cm³/mol. The molecule has 1 heterocycles. The highest BCUT2D eigenvalue weighted by Crippen LogP contribution is 2.27. The monoisotopic (exact) mass is 407 g/mol. The number of anilines is 2. The van der Waals surface area contributed by atoms with E-state index < -0.39 is 20.0 Å². The molecule has 0 radical (unpaired) electrons. The van der Waals surface area contributed by atoms with Crippen molar-refractivity contribution in [1.29, 1.82) is 0 Å². The van der Waals surface area contributed by atoms with Crippen molar-refractivity contribution < 1.29 is 21.6 Å². The van der Waals surface area contributed by atoms with E-state index in [2.05, 4.69) is 14.4 Å². The largest absolute Gasteiger partial charge is 0.481 e. The number of fused-ring (bicyclic) bond motifs is 1. The SMILES string of the molecule is COc1nccc2cc(NS(=O)(=O)c3ccc(NS(C)(=O)=O)cc3)ccc12. The van der Waals surface area contributed by atoms with Crippen LogP contribution in [0, 0.1) is 0 Å². The number of nitrogens with zero attached hydrogens (tertiary/aromatic N) is 1. The van der Waals surface area contributed by atoms with E-state index in [9.17, 15) is 16.8 Å². The van der Waals surface area contributed by atoms with Crippen LogP contribution in [0.3, 0.4) is 0 Å². The van der Waals surface area contributed by atoms with Gasteiger partial charge < -0.3 is 4.74 Å². The lowest BCUT2D eigenvalue weighted by Crippen LogP contribution is -2.13. The van der Waals surface area contributed by atoms with Gasteiger partial charge in [-0.05, 0) is 53.9 Å². The number of methoxy groups -OCH3 is 1. The van der Waals surface area contributed by atoms with Gasteiger partial charge in [0.15, 0.2) is 0 Å². The topological polar surface area (TPSA) is 114 Å². The first kappa shape index (κ1) is 18.9. The van der Waals surface area contributed by atoms with Crippen LogP contribution in [0.1, 0.15) is 0 Å². The lowest BCUT2D eigenvalue weighted by atomic mass is 10.1. The molecule has 0 amide bonds. The van der Waals surface area contributed by atoms with Crippen molar-refractivity contribution in [3.8, 4) is 5.88 Å². The van der Waals surface area contributed by atoms with Crippen LogP contribution in [0.15, 0.2) is 59.6 Å². The maximum atomic E-state index is 12.6. The zero-order valence-electron chi connectivity index (χ0n) is 14.5. The smallest absolute Gasteiger partial charge is 0.261 e. The molecule has 0 saturated heterocycles. The van der Waals surface area contributed by atoms with Gasteiger partial charge in [0.1, 0.15) is 0 Å². The van der Waals surface area contributed by atoms with Gasteiger partial charge in [-0.25, -0.2) is 21.8 Å². The molecule has 0 spiro atoms. The summed E-state index contributed by atoms with van der Waals surface area (Å²) in [7, 11) is -5.75.